The third kappa shape index (κ3) is 3.89. The number of carbonyl (C=O) groups is 1. The van der Waals surface area contributed by atoms with E-state index in [9.17, 15) is 4.79 Å². The predicted molar refractivity (Wildman–Crippen MR) is 91.7 cm³/mol. The molecule has 0 N–H and O–H groups in total. The number of hydrogen-bond donors (Lipinski definition) is 0. The first-order chi connectivity index (χ1) is 11.2. The molecule has 1 atom stereocenters. The van der Waals surface area contributed by atoms with E-state index < -0.39 is 0 Å². The molecule has 1 aromatic carbocycles. The van der Waals surface area contributed by atoms with Gasteiger partial charge < -0.3 is 9.47 Å². The highest BCUT2D eigenvalue weighted by Gasteiger charge is 2.26. The van der Waals surface area contributed by atoms with E-state index in [0.717, 1.165) is 31.5 Å². The van der Waals surface area contributed by atoms with Gasteiger partial charge in [0.2, 0.25) is 5.91 Å². The van der Waals surface area contributed by atoms with Crippen molar-refractivity contribution in [3.05, 3.63) is 60.2 Å². The average molecular weight is 309 g/mol. The van der Waals surface area contributed by atoms with Gasteiger partial charge >= 0.3 is 0 Å². The smallest absolute Gasteiger partial charge is 0.223 e. The molecule has 1 aliphatic heterocycles. The zero-order valence-electron chi connectivity index (χ0n) is 13.6. The molecule has 2 heterocycles. The number of benzene rings is 1. The minimum absolute atomic E-state index is 0.231. The van der Waals surface area contributed by atoms with Crippen LogP contribution >= 0.6 is 0 Å². The van der Waals surface area contributed by atoms with E-state index in [2.05, 4.69) is 29.3 Å². The van der Waals surface area contributed by atoms with Gasteiger partial charge in [0.05, 0.1) is 12.4 Å². The normalized spacial score (nSPS) is 18.0. The number of amides is 1. The lowest BCUT2D eigenvalue weighted by molar-refractivity contribution is -0.131. The van der Waals surface area contributed by atoms with Crippen molar-refractivity contribution in [1.29, 1.82) is 0 Å². The summed E-state index contributed by atoms with van der Waals surface area (Å²) >= 11 is 0. The van der Waals surface area contributed by atoms with Crippen molar-refractivity contribution >= 4 is 12.0 Å². The molecule has 1 saturated heterocycles. The summed E-state index contributed by atoms with van der Waals surface area (Å²) in [5, 5.41) is 0. The van der Waals surface area contributed by atoms with Crippen LogP contribution in [0.1, 0.15) is 30.5 Å². The number of nitrogens with zero attached hydrogens (tertiary/aromatic N) is 3. The molecule has 1 aromatic heterocycles. The molecule has 0 unspecified atom stereocenters. The summed E-state index contributed by atoms with van der Waals surface area (Å²) in [7, 11) is 1.97. The lowest BCUT2D eigenvalue weighted by Gasteiger charge is -2.22. The average Bonchev–Trinajstić information content (AvgIpc) is 3.20. The van der Waals surface area contributed by atoms with Crippen LogP contribution in [0.4, 0.5) is 0 Å². The van der Waals surface area contributed by atoms with Crippen LogP contribution in [-0.4, -0.2) is 32.9 Å². The van der Waals surface area contributed by atoms with Crippen molar-refractivity contribution < 1.29 is 4.79 Å². The highest BCUT2D eigenvalue weighted by molar-refractivity contribution is 5.77. The van der Waals surface area contributed by atoms with Crippen molar-refractivity contribution in [2.45, 2.75) is 31.7 Å². The minimum Gasteiger partial charge on any atom is -0.338 e. The van der Waals surface area contributed by atoms with E-state index in [4.69, 9.17) is 0 Å². The summed E-state index contributed by atoms with van der Waals surface area (Å²) in [5.74, 6) is 0.242. The van der Waals surface area contributed by atoms with Gasteiger partial charge in [-0.05, 0) is 24.8 Å². The summed E-state index contributed by atoms with van der Waals surface area (Å²) in [6.07, 6.45) is 11.4. The Bertz CT molecular complexity index is 675. The summed E-state index contributed by atoms with van der Waals surface area (Å²) in [6.45, 7) is 0.869. The molecule has 120 valence electrons. The topological polar surface area (TPSA) is 38.1 Å². The maximum absolute atomic E-state index is 12.5. The van der Waals surface area contributed by atoms with Gasteiger partial charge in [0.15, 0.2) is 0 Å². The van der Waals surface area contributed by atoms with Gasteiger partial charge in [0.1, 0.15) is 0 Å². The summed E-state index contributed by atoms with van der Waals surface area (Å²) < 4.78 is 1.98. The molecule has 0 saturated carbocycles. The lowest BCUT2D eigenvalue weighted by atomic mass is 10.1. The largest absolute Gasteiger partial charge is 0.338 e. The summed E-state index contributed by atoms with van der Waals surface area (Å²) in [6, 6.07) is 10.5. The van der Waals surface area contributed by atoms with Crippen molar-refractivity contribution in [2.24, 2.45) is 7.05 Å². The third-order valence-electron chi connectivity index (χ3n) is 4.44. The molecule has 3 rings (SSSR count). The van der Waals surface area contributed by atoms with Crippen LogP contribution in [0.3, 0.4) is 0 Å². The number of rotatable bonds is 5. The number of aryl methyl sites for hydroxylation is 2. The second kappa shape index (κ2) is 7.27. The first-order valence-corrected chi connectivity index (χ1v) is 8.22. The van der Waals surface area contributed by atoms with Gasteiger partial charge in [0.25, 0.3) is 0 Å². The lowest BCUT2D eigenvalue weighted by Crippen LogP contribution is -2.34. The van der Waals surface area contributed by atoms with E-state index in [0.29, 0.717) is 6.42 Å². The predicted octanol–water partition coefficient (Wildman–Crippen LogP) is 3.06. The fourth-order valence-corrected chi connectivity index (χ4v) is 3.09. The van der Waals surface area contributed by atoms with Crippen molar-refractivity contribution in [3.63, 3.8) is 0 Å². The van der Waals surface area contributed by atoms with Gasteiger partial charge in [-0.2, -0.15) is 0 Å². The summed E-state index contributed by atoms with van der Waals surface area (Å²) in [4.78, 5) is 18.7. The molecule has 2 aromatic rings. The van der Waals surface area contributed by atoms with Crippen LogP contribution < -0.4 is 0 Å². The molecular weight excluding hydrogens is 286 g/mol. The molecular formula is C19H23N3O. The fourth-order valence-electron chi connectivity index (χ4n) is 3.09. The first-order valence-electron chi connectivity index (χ1n) is 8.22. The molecule has 0 aliphatic carbocycles. The fraction of sp³-hybridized carbons (Fsp3) is 0.368. The zero-order chi connectivity index (χ0) is 16.1. The van der Waals surface area contributed by atoms with E-state index in [1.165, 1.54) is 5.56 Å². The SMILES string of the molecule is Cn1cncc1CCC(=O)N1CCC[C@@H]1/C=C/c1ccccc1. The molecule has 0 bridgehead atoms. The molecule has 0 spiro atoms. The van der Waals surface area contributed by atoms with Crippen LogP contribution in [0.15, 0.2) is 48.9 Å². The van der Waals surface area contributed by atoms with E-state index in [1.807, 2.05) is 40.9 Å². The highest BCUT2D eigenvalue weighted by atomic mass is 16.2. The van der Waals surface area contributed by atoms with Gasteiger partial charge in [0, 0.05) is 31.9 Å². The Morgan fingerprint density at radius 3 is 2.91 bits per heavy atom. The van der Waals surface area contributed by atoms with E-state index >= 15 is 0 Å². The van der Waals surface area contributed by atoms with E-state index in [1.54, 1.807) is 6.33 Å². The standard InChI is InChI=1S/C19H23N3O/c1-21-15-20-14-18(21)11-12-19(23)22-13-5-8-17(22)10-9-16-6-3-2-4-7-16/h2-4,6-7,9-10,14-15,17H,5,8,11-13H2,1H3/b10-9+/t17-/m1/s1. The monoisotopic (exact) mass is 309 g/mol. The second-order valence-electron chi connectivity index (χ2n) is 6.06. The van der Waals surface area contributed by atoms with Crippen LogP contribution in [-0.2, 0) is 18.3 Å². The van der Waals surface area contributed by atoms with E-state index in [-0.39, 0.29) is 11.9 Å². The third-order valence-corrected chi connectivity index (χ3v) is 4.44. The molecule has 1 amide bonds. The van der Waals surface area contributed by atoms with Crippen molar-refractivity contribution in [1.82, 2.24) is 14.5 Å². The Morgan fingerprint density at radius 1 is 1.35 bits per heavy atom. The number of imidazole rings is 1. The van der Waals surface area contributed by atoms with Crippen molar-refractivity contribution in [2.75, 3.05) is 6.54 Å². The minimum atomic E-state index is 0.231. The Hall–Kier alpha value is -2.36. The Morgan fingerprint density at radius 2 is 2.17 bits per heavy atom. The Balaban J connectivity index is 1.58. The van der Waals surface area contributed by atoms with Crippen LogP contribution in [0, 0.1) is 0 Å². The molecule has 4 heteroatoms. The van der Waals surface area contributed by atoms with Gasteiger partial charge in [-0.25, -0.2) is 4.98 Å². The zero-order valence-corrected chi connectivity index (χ0v) is 13.6. The maximum Gasteiger partial charge on any atom is 0.223 e. The quantitative estimate of drug-likeness (QED) is 0.851. The Labute approximate surface area is 137 Å². The van der Waals surface area contributed by atoms with Gasteiger partial charge in [-0.15, -0.1) is 0 Å². The Kier molecular flexibility index (Phi) is 4.91. The molecule has 1 fully saturated rings. The van der Waals surface area contributed by atoms with Crippen LogP contribution in [0.5, 0.6) is 0 Å². The maximum atomic E-state index is 12.5. The number of likely N-dealkylation sites (tertiary alicyclic amines) is 1. The summed E-state index contributed by atoms with van der Waals surface area (Å²) in [5.41, 5.74) is 2.29. The molecule has 23 heavy (non-hydrogen) atoms. The van der Waals surface area contributed by atoms with Gasteiger partial charge in [-0.3, -0.25) is 4.79 Å². The van der Waals surface area contributed by atoms with Crippen molar-refractivity contribution in [3.8, 4) is 0 Å². The number of carbonyl (C=O) groups excluding carboxylic acids is 1. The molecule has 4 nitrogen and oxygen atoms in total. The van der Waals surface area contributed by atoms with Gasteiger partial charge in [-0.1, -0.05) is 42.5 Å². The second-order valence-corrected chi connectivity index (χ2v) is 6.06. The van der Waals surface area contributed by atoms with Crippen LogP contribution in [0.2, 0.25) is 0 Å². The highest BCUT2D eigenvalue weighted by Crippen LogP contribution is 2.21. The molecule has 1 aliphatic rings. The first kappa shape index (κ1) is 15.5. The number of aromatic nitrogens is 2. The number of hydrogen-bond acceptors (Lipinski definition) is 2. The van der Waals surface area contributed by atoms with Crippen LogP contribution in [0.25, 0.3) is 6.08 Å². The molecule has 0 radical (unpaired) electrons.